The number of nitrogens with one attached hydrogen (secondary N) is 2. The molecule has 0 saturated carbocycles. The smallest absolute Gasteiger partial charge is 0.337 e. The second-order valence-corrected chi connectivity index (χ2v) is 5.12. The number of hydrogen-bond donors (Lipinski definition) is 3. The average Bonchev–Trinajstić information content (AvgIpc) is 2.82. The number of aromatic amines is 1. The number of rotatable bonds is 3. The number of carboxylic acids is 1. The molecule has 2 aromatic heterocycles. The van der Waals surface area contributed by atoms with Crippen LogP contribution in [-0.4, -0.2) is 21.0 Å². The Morgan fingerprint density at radius 3 is 2.95 bits per heavy atom. The maximum Gasteiger partial charge on any atom is 0.337 e. The van der Waals surface area contributed by atoms with Crippen molar-refractivity contribution in [2.24, 2.45) is 0 Å². The number of carboxylic acid groups (broad SMARTS) is 1. The van der Waals surface area contributed by atoms with Crippen molar-refractivity contribution in [3.05, 3.63) is 52.8 Å². The van der Waals surface area contributed by atoms with Crippen molar-refractivity contribution in [3.63, 3.8) is 0 Å². The number of aromatic carboxylic acids is 1. The summed E-state index contributed by atoms with van der Waals surface area (Å²) in [7, 11) is 0. The van der Waals surface area contributed by atoms with E-state index in [1.54, 1.807) is 18.3 Å². The van der Waals surface area contributed by atoms with Gasteiger partial charge in [-0.05, 0) is 30.7 Å². The largest absolute Gasteiger partial charge is 0.478 e. The number of pyridine rings is 1. The molecule has 2 heterocycles. The Kier molecular flexibility index (Phi) is 3.27. The second kappa shape index (κ2) is 5.10. The number of halogens is 1. The van der Waals surface area contributed by atoms with E-state index in [1.165, 1.54) is 6.20 Å². The fraction of sp³-hybridized carbons (Fsp3) is 0.0667. The third-order valence-electron chi connectivity index (χ3n) is 3.22. The van der Waals surface area contributed by atoms with Gasteiger partial charge in [0.25, 0.3) is 0 Å². The van der Waals surface area contributed by atoms with E-state index >= 15 is 0 Å². The monoisotopic (exact) mass is 301 g/mol. The van der Waals surface area contributed by atoms with Crippen LogP contribution < -0.4 is 5.32 Å². The van der Waals surface area contributed by atoms with Crippen LogP contribution >= 0.6 is 11.6 Å². The lowest BCUT2D eigenvalue weighted by Gasteiger charge is -2.08. The summed E-state index contributed by atoms with van der Waals surface area (Å²) < 4.78 is 0. The van der Waals surface area contributed by atoms with Crippen LogP contribution in [0.1, 0.15) is 15.9 Å². The van der Waals surface area contributed by atoms with Gasteiger partial charge in [-0.1, -0.05) is 17.7 Å². The van der Waals surface area contributed by atoms with Gasteiger partial charge < -0.3 is 15.4 Å². The number of benzene rings is 1. The molecule has 0 unspecified atom stereocenters. The van der Waals surface area contributed by atoms with Gasteiger partial charge in [0.15, 0.2) is 5.82 Å². The lowest BCUT2D eigenvalue weighted by Crippen LogP contribution is -2.02. The molecule has 0 aliphatic heterocycles. The summed E-state index contributed by atoms with van der Waals surface area (Å²) in [6.45, 7) is 1.86. The van der Waals surface area contributed by atoms with E-state index in [9.17, 15) is 9.90 Å². The van der Waals surface area contributed by atoms with Gasteiger partial charge in [0.1, 0.15) is 0 Å². The Morgan fingerprint density at radius 1 is 1.43 bits per heavy atom. The molecular weight excluding hydrogens is 290 g/mol. The lowest BCUT2D eigenvalue weighted by molar-refractivity contribution is 0.0698. The molecule has 0 spiro atoms. The highest BCUT2D eigenvalue weighted by Crippen LogP contribution is 2.29. The molecule has 0 saturated heterocycles. The molecule has 21 heavy (non-hydrogen) atoms. The van der Waals surface area contributed by atoms with Gasteiger partial charge in [0, 0.05) is 28.5 Å². The van der Waals surface area contributed by atoms with Crippen LogP contribution in [0.3, 0.4) is 0 Å². The van der Waals surface area contributed by atoms with Gasteiger partial charge in [-0.25, -0.2) is 9.78 Å². The summed E-state index contributed by atoms with van der Waals surface area (Å²) in [4.78, 5) is 18.6. The maximum atomic E-state index is 11.3. The van der Waals surface area contributed by atoms with E-state index in [0.717, 1.165) is 11.3 Å². The van der Waals surface area contributed by atoms with E-state index in [0.29, 0.717) is 21.7 Å². The molecule has 106 valence electrons. The molecule has 3 rings (SSSR count). The number of hydrogen-bond acceptors (Lipinski definition) is 3. The predicted octanol–water partition coefficient (Wildman–Crippen LogP) is 3.97. The Balaban J connectivity index is 2.12. The molecular formula is C15H12ClN3O2. The van der Waals surface area contributed by atoms with Gasteiger partial charge in [-0.3, -0.25) is 0 Å². The molecule has 0 bridgehead atoms. The Labute approximate surface area is 125 Å². The van der Waals surface area contributed by atoms with Crippen LogP contribution in [0, 0.1) is 6.92 Å². The SMILES string of the molecule is Cc1c[nH]c2c(Nc3cccc(Cl)c3)ncc(C(=O)O)c12. The first-order chi connectivity index (χ1) is 10.1. The summed E-state index contributed by atoms with van der Waals surface area (Å²) in [5.74, 6) is -0.435. The minimum Gasteiger partial charge on any atom is -0.478 e. The highest BCUT2D eigenvalue weighted by molar-refractivity contribution is 6.30. The van der Waals surface area contributed by atoms with Crippen molar-refractivity contribution in [2.75, 3.05) is 5.32 Å². The first-order valence-electron chi connectivity index (χ1n) is 6.29. The molecule has 0 amide bonds. The zero-order valence-corrected chi connectivity index (χ0v) is 11.9. The fourth-order valence-corrected chi connectivity index (χ4v) is 2.46. The van der Waals surface area contributed by atoms with Crippen LogP contribution in [0.4, 0.5) is 11.5 Å². The summed E-state index contributed by atoms with van der Waals surface area (Å²) >= 11 is 5.95. The van der Waals surface area contributed by atoms with Crippen molar-refractivity contribution in [3.8, 4) is 0 Å². The standard InChI is InChI=1S/C15H12ClN3O2/c1-8-6-17-13-12(8)11(15(20)21)7-18-14(13)19-10-4-2-3-9(16)5-10/h2-7,17H,1H3,(H,18,19)(H,20,21). The van der Waals surface area contributed by atoms with E-state index in [2.05, 4.69) is 15.3 Å². The molecule has 0 aliphatic carbocycles. The number of nitrogens with zero attached hydrogens (tertiary/aromatic N) is 1. The Morgan fingerprint density at radius 2 is 2.24 bits per heavy atom. The topological polar surface area (TPSA) is 78.0 Å². The van der Waals surface area contributed by atoms with Crippen LogP contribution in [0.2, 0.25) is 5.02 Å². The van der Waals surface area contributed by atoms with Crippen molar-refractivity contribution >= 4 is 40.0 Å². The van der Waals surface area contributed by atoms with E-state index in [4.69, 9.17) is 11.6 Å². The van der Waals surface area contributed by atoms with Gasteiger partial charge in [-0.2, -0.15) is 0 Å². The zero-order valence-electron chi connectivity index (χ0n) is 11.1. The minimum absolute atomic E-state index is 0.181. The summed E-state index contributed by atoms with van der Waals surface area (Å²) in [5.41, 5.74) is 2.48. The van der Waals surface area contributed by atoms with Crippen LogP contribution in [0.5, 0.6) is 0 Å². The highest BCUT2D eigenvalue weighted by Gasteiger charge is 2.16. The lowest BCUT2D eigenvalue weighted by atomic mass is 10.1. The molecule has 0 aliphatic rings. The van der Waals surface area contributed by atoms with Gasteiger partial charge >= 0.3 is 5.97 Å². The molecule has 3 N–H and O–H groups in total. The van der Waals surface area contributed by atoms with Gasteiger partial charge in [0.2, 0.25) is 0 Å². The number of aryl methyl sites for hydroxylation is 1. The third-order valence-corrected chi connectivity index (χ3v) is 3.46. The normalized spacial score (nSPS) is 10.8. The van der Waals surface area contributed by atoms with Crippen molar-refractivity contribution < 1.29 is 9.90 Å². The van der Waals surface area contributed by atoms with Gasteiger partial charge in [-0.15, -0.1) is 0 Å². The van der Waals surface area contributed by atoms with Crippen molar-refractivity contribution in [1.29, 1.82) is 0 Å². The predicted molar refractivity (Wildman–Crippen MR) is 82.5 cm³/mol. The van der Waals surface area contributed by atoms with Crippen LogP contribution in [0.15, 0.2) is 36.7 Å². The molecule has 0 fully saturated rings. The number of fused-ring (bicyclic) bond motifs is 1. The average molecular weight is 302 g/mol. The molecule has 1 aromatic carbocycles. The Hall–Kier alpha value is -2.53. The molecule has 3 aromatic rings. The zero-order chi connectivity index (χ0) is 15.0. The molecule has 0 atom stereocenters. The minimum atomic E-state index is -0.996. The third kappa shape index (κ3) is 2.43. The molecule has 5 nitrogen and oxygen atoms in total. The number of H-pyrrole nitrogens is 1. The summed E-state index contributed by atoms with van der Waals surface area (Å²) in [6, 6.07) is 7.24. The molecule has 6 heteroatoms. The van der Waals surface area contributed by atoms with Crippen LogP contribution in [0.25, 0.3) is 10.9 Å². The number of anilines is 2. The summed E-state index contributed by atoms with van der Waals surface area (Å²) in [5, 5.41) is 13.7. The second-order valence-electron chi connectivity index (χ2n) is 4.68. The van der Waals surface area contributed by atoms with Gasteiger partial charge in [0.05, 0.1) is 11.1 Å². The molecule has 0 radical (unpaired) electrons. The van der Waals surface area contributed by atoms with Crippen LogP contribution in [-0.2, 0) is 0 Å². The van der Waals surface area contributed by atoms with E-state index < -0.39 is 5.97 Å². The fourth-order valence-electron chi connectivity index (χ4n) is 2.27. The number of aromatic nitrogens is 2. The Bertz CT molecular complexity index is 842. The first-order valence-corrected chi connectivity index (χ1v) is 6.66. The summed E-state index contributed by atoms with van der Waals surface area (Å²) in [6.07, 6.45) is 3.13. The maximum absolute atomic E-state index is 11.3. The highest BCUT2D eigenvalue weighted by atomic mass is 35.5. The van der Waals surface area contributed by atoms with E-state index in [-0.39, 0.29) is 5.56 Å². The van der Waals surface area contributed by atoms with E-state index in [1.807, 2.05) is 19.1 Å². The van der Waals surface area contributed by atoms with Crippen molar-refractivity contribution in [1.82, 2.24) is 9.97 Å². The van der Waals surface area contributed by atoms with Crippen molar-refractivity contribution in [2.45, 2.75) is 6.92 Å². The first kappa shape index (κ1) is 13.5. The quantitative estimate of drug-likeness (QED) is 0.684. The number of carbonyl (C=O) groups is 1.